The van der Waals surface area contributed by atoms with Gasteiger partial charge in [0, 0.05) is 9.26 Å². The summed E-state index contributed by atoms with van der Waals surface area (Å²) in [5.41, 5.74) is 8.61. The number of hydrogen-bond acceptors (Lipinski definition) is 3. The molecular weight excluding hydrogens is 339 g/mol. The molecule has 0 aliphatic rings. The molecule has 0 radical (unpaired) electrons. The quantitative estimate of drug-likeness (QED) is 0.644. The highest BCUT2D eigenvalue weighted by Gasteiger charge is 2.00. The van der Waals surface area contributed by atoms with E-state index >= 15 is 0 Å². The molecule has 94 valence electrons. The van der Waals surface area contributed by atoms with Gasteiger partial charge in [0.1, 0.15) is 5.75 Å². The van der Waals surface area contributed by atoms with E-state index in [2.05, 4.69) is 27.9 Å². The molecule has 0 aliphatic carbocycles. The zero-order chi connectivity index (χ0) is 13.0. The summed E-state index contributed by atoms with van der Waals surface area (Å²) in [6, 6.07) is 13.8. The van der Waals surface area contributed by atoms with Gasteiger partial charge in [0.25, 0.3) is 0 Å². The first-order valence-electron chi connectivity index (χ1n) is 5.74. The van der Waals surface area contributed by atoms with Crippen LogP contribution in [0.4, 0.5) is 17.1 Å². The Labute approximate surface area is 120 Å². The van der Waals surface area contributed by atoms with Crippen molar-refractivity contribution in [3.8, 4) is 5.75 Å². The van der Waals surface area contributed by atoms with Crippen LogP contribution < -0.4 is 15.8 Å². The van der Waals surface area contributed by atoms with Gasteiger partial charge in [-0.1, -0.05) is 0 Å². The topological polar surface area (TPSA) is 47.3 Å². The van der Waals surface area contributed by atoms with Gasteiger partial charge >= 0.3 is 0 Å². The van der Waals surface area contributed by atoms with Crippen LogP contribution in [0.2, 0.25) is 0 Å². The maximum Gasteiger partial charge on any atom is 0.119 e. The van der Waals surface area contributed by atoms with Crippen LogP contribution in [-0.2, 0) is 0 Å². The second-order valence-electron chi connectivity index (χ2n) is 3.81. The van der Waals surface area contributed by atoms with Crippen LogP contribution in [0.5, 0.6) is 5.75 Å². The van der Waals surface area contributed by atoms with Crippen molar-refractivity contribution >= 4 is 39.7 Å². The van der Waals surface area contributed by atoms with Gasteiger partial charge in [0.05, 0.1) is 18.0 Å². The summed E-state index contributed by atoms with van der Waals surface area (Å²) in [6.07, 6.45) is 0. The fourth-order valence-electron chi connectivity index (χ4n) is 1.60. The Morgan fingerprint density at radius 3 is 2.50 bits per heavy atom. The average Bonchev–Trinajstić information content (AvgIpc) is 2.35. The number of halogens is 1. The van der Waals surface area contributed by atoms with Crippen LogP contribution in [0.25, 0.3) is 0 Å². The number of anilines is 3. The summed E-state index contributed by atoms with van der Waals surface area (Å²) in [4.78, 5) is 0. The first-order valence-corrected chi connectivity index (χ1v) is 6.82. The molecule has 3 nitrogen and oxygen atoms in total. The first-order chi connectivity index (χ1) is 8.69. The second kappa shape index (κ2) is 5.95. The minimum absolute atomic E-state index is 0.677. The fourth-order valence-corrected chi connectivity index (χ4v) is 2.12. The van der Waals surface area contributed by atoms with Gasteiger partial charge < -0.3 is 15.8 Å². The van der Waals surface area contributed by atoms with E-state index in [4.69, 9.17) is 10.5 Å². The molecule has 0 amide bonds. The third kappa shape index (κ3) is 3.29. The van der Waals surface area contributed by atoms with E-state index < -0.39 is 0 Å². The average molecular weight is 354 g/mol. The minimum atomic E-state index is 0.677. The molecule has 0 aromatic heterocycles. The Hall–Kier alpha value is -1.43. The maximum absolute atomic E-state index is 5.95. The van der Waals surface area contributed by atoms with E-state index in [1.54, 1.807) is 0 Å². The molecule has 3 N–H and O–H groups in total. The summed E-state index contributed by atoms with van der Waals surface area (Å²) in [5.74, 6) is 0.874. The Kier molecular flexibility index (Phi) is 4.30. The molecule has 0 aliphatic heterocycles. The highest BCUT2D eigenvalue weighted by molar-refractivity contribution is 14.1. The molecule has 0 bridgehead atoms. The van der Waals surface area contributed by atoms with E-state index in [-0.39, 0.29) is 0 Å². The summed E-state index contributed by atoms with van der Waals surface area (Å²) in [6.45, 7) is 2.65. The standard InChI is InChI=1S/C14H15IN2O/c1-2-18-12-6-4-11(5-7-12)17-14-8-3-10(15)9-13(14)16/h3-9,17H,2,16H2,1H3. The van der Waals surface area contributed by atoms with Gasteiger partial charge in [-0.05, 0) is 72.0 Å². The highest BCUT2D eigenvalue weighted by atomic mass is 127. The van der Waals surface area contributed by atoms with Gasteiger partial charge in [-0.3, -0.25) is 0 Å². The second-order valence-corrected chi connectivity index (χ2v) is 5.06. The number of ether oxygens (including phenoxy) is 1. The highest BCUT2D eigenvalue weighted by Crippen LogP contribution is 2.25. The molecule has 0 fully saturated rings. The minimum Gasteiger partial charge on any atom is -0.494 e. The van der Waals surface area contributed by atoms with Gasteiger partial charge in [-0.15, -0.1) is 0 Å². The molecule has 0 heterocycles. The van der Waals surface area contributed by atoms with Crippen molar-refractivity contribution in [3.05, 3.63) is 46.0 Å². The molecule has 0 atom stereocenters. The number of benzene rings is 2. The van der Waals surface area contributed by atoms with Crippen molar-refractivity contribution in [2.24, 2.45) is 0 Å². The van der Waals surface area contributed by atoms with E-state index in [1.807, 2.05) is 49.4 Å². The van der Waals surface area contributed by atoms with E-state index in [9.17, 15) is 0 Å². The Bertz CT molecular complexity index is 526. The van der Waals surface area contributed by atoms with Gasteiger partial charge in [-0.2, -0.15) is 0 Å². The largest absolute Gasteiger partial charge is 0.494 e. The van der Waals surface area contributed by atoms with Crippen molar-refractivity contribution in [2.75, 3.05) is 17.7 Å². The molecule has 0 saturated heterocycles. The van der Waals surface area contributed by atoms with Crippen LogP contribution in [0.15, 0.2) is 42.5 Å². The lowest BCUT2D eigenvalue weighted by molar-refractivity contribution is 0.340. The van der Waals surface area contributed by atoms with Crippen LogP contribution >= 0.6 is 22.6 Å². The predicted octanol–water partition coefficient (Wildman–Crippen LogP) is 4.02. The van der Waals surface area contributed by atoms with Crippen molar-refractivity contribution < 1.29 is 4.74 Å². The number of nitrogen functional groups attached to an aromatic ring is 1. The molecule has 18 heavy (non-hydrogen) atoms. The Balaban J connectivity index is 2.13. The third-order valence-electron chi connectivity index (χ3n) is 2.46. The molecule has 2 aromatic carbocycles. The zero-order valence-electron chi connectivity index (χ0n) is 10.1. The third-order valence-corrected chi connectivity index (χ3v) is 3.13. The fraction of sp³-hybridized carbons (Fsp3) is 0.143. The Morgan fingerprint density at radius 1 is 1.17 bits per heavy atom. The normalized spacial score (nSPS) is 10.1. The lowest BCUT2D eigenvalue weighted by Gasteiger charge is -2.10. The molecule has 0 saturated carbocycles. The van der Waals surface area contributed by atoms with Crippen molar-refractivity contribution in [2.45, 2.75) is 6.92 Å². The monoisotopic (exact) mass is 354 g/mol. The van der Waals surface area contributed by atoms with Gasteiger partial charge in [0.15, 0.2) is 0 Å². The van der Waals surface area contributed by atoms with Crippen molar-refractivity contribution in [3.63, 3.8) is 0 Å². The molecule has 2 aromatic rings. The lowest BCUT2D eigenvalue weighted by Crippen LogP contribution is -1.97. The number of rotatable bonds is 4. The zero-order valence-corrected chi connectivity index (χ0v) is 12.3. The van der Waals surface area contributed by atoms with Crippen LogP contribution in [0.1, 0.15) is 6.92 Å². The smallest absolute Gasteiger partial charge is 0.119 e. The van der Waals surface area contributed by atoms with E-state index in [0.717, 1.165) is 26.4 Å². The summed E-state index contributed by atoms with van der Waals surface area (Å²) in [5, 5.41) is 3.28. The first kappa shape index (κ1) is 13.0. The van der Waals surface area contributed by atoms with E-state index in [0.29, 0.717) is 6.61 Å². The molecule has 4 heteroatoms. The number of hydrogen-bond donors (Lipinski definition) is 2. The molecule has 2 rings (SSSR count). The van der Waals surface area contributed by atoms with Gasteiger partial charge in [-0.25, -0.2) is 0 Å². The summed E-state index contributed by atoms with van der Waals surface area (Å²) >= 11 is 2.24. The number of nitrogens with one attached hydrogen (secondary N) is 1. The summed E-state index contributed by atoms with van der Waals surface area (Å²) < 4.78 is 6.52. The van der Waals surface area contributed by atoms with E-state index in [1.165, 1.54) is 0 Å². The molecular formula is C14H15IN2O. The lowest BCUT2D eigenvalue weighted by atomic mass is 10.2. The maximum atomic E-state index is 5.95. The van der Waals surface area contributed by atoms with Crippen molar-refractivity contribution in [1.82, 2.24) is 0 Å². The predicted molar refractivity (Wildman–Crippen MR) is 84.5 cm³/mol. The summed E-state index contributed by atoms with van der Waals surface area (Å²) in [7, 11) is 0. The molecule has 0 unspecified atom stereocenters. The van der Waals surface area contributed by atoms with Crippen LogP contribution in [0, 0.1) is 3.57 Å². The number of nitrogens with two attached hydrogens (primary N) is 1. The van der Waals surface area contributed by atoms with Crippen LogP contribution in [-0.4, -0.2) is 6.61 Å². The molecule has 0 spiro atoms. The van der Waals surface area contributed by atoms with Crippen molar-refractivity contribution in [1.29, 1.82) is 0 Å². The SMILES string of the molecule is CCOc1ccc(Nc2ccc(I)cc2N)cc1. The Morgan fingerprint density at radius 2 is 1.89 bits per heavy atom. The van der Waals surface area contributed by atoms with Crippen LogP contribution in [0.3, 0.4) is 0 Å². The van der Waals surface area contributed by atoms with Gasteiger partial charge in [0.2, 0.25) is 0 Å².